The van der Waals surface area contributed by atoms with Crippen LogP contribution in [0, 0.1) is 24.2 Å². The molecule has 2 unspecified atom stereocenters. The Balaban J connectivity index is 2.09. The number of rotatable bonds is 2. The van der Waals surface area contributed by atoms with Gasteiger partial charge in [-0.15, -0.1) is 0 Å². The topological polar surface area (TPSA) is 33.0 Å². The van der Waals surface area contributed by atoms with Crippen molar-refractivity contribution in [1.82, 2.24) is 0 Å². The summed E-state index contributed by atoms with van der Waals surface area (Å²) in [7, 11) is 0. The third-order valence-corrected chi connectivity index (χ3v) is 3.46. The zero-order chi connectivity index (χ0) is 11.5. The molecule has 0 N–H and O–H groups in total. The van der Waals surface area contributed by atoms with E-state index in [4.69, 9.17) is 21.6 Å². The summed E-state index contributed by atoms with van der Waals surface area (Å²) >= 11 is 5.95. The average Bonchev–Trinajstić information content (AvgIpc) is 2.71. The predicted octanol–water partition coefficient (Wildman–Crippen LogP) is 3.72. The highest BCUT2D eigenvalue weighted by molar-refractivity contribution is 6.31. The second kappa shape index (κ2) is 4.76. The fourth-order valence-corrected chi connectivity index (χ4v) is 2.20. The molecule has 1 aliphatic carbocycles. The van der Waals surface area contributed by atoms with Gasteiger partial charge in [0.05, 0.1) is 12.0 Å². The van der Waals surface area contributed by atoms with E-state index in [-0.39, 0.29) is 12.0 Å². The number of nitrogens with zero attached hydrogens (tertiary/aromatic N) is 1. The first-order valence-electron chi connectivity index (χ1n) is 5.53. The van der Waals surface area contributed by atoms with Crippen molar-refractivity contribution in [3.63, 3.8) is 0 Å². The van der Waals surface area contributed by atoms with Crippen molar-refractivity contribution in [2.75, 3.05) is 0 Å². The number of benzene rings is 1. The van der Waals surface area contributed by atoms with Gasteiger partial charge in [-0.3, -0.25) is 0 Å². The van der Waals surface area contributed by atoms with Gasteiger partial charge in [0.2, 0.25) is 0 Å². The Hall–Kier alpha value is -1.20. The molecule has 2 nitrogen and oxygen atoms in total. The second-order valence-corrected chi connectivity index (χ2v) is 4.64. The first-order valence-corrected chi connectivity index (χ1v) is 5.91. The van der Waals surface area contributed by atoms with Gasteiger partial charge < -0.3 is 4.74 Å². The summed E-state index contributed by atoms with van der Waals surface area (Å²) in [5.41, 5.74) is 1.01. The lowest BCUT2D eigenvalue weighted by molar-refractivity contribution is 0.182. The van der Waals surface area contributed by atoms with E-state index < -0.39 is 0 Å². The summed E-state index contributed by atoms with van der Waals surface area (Å²) < 4.78 is 5.83. The molecule has 0 bridgehead atoms. The highest BCUT2D eigenvalue weighted by Gasteiger charge is 2.28. The monoisotopic (exact) mass is 235 g/mol. The van der Waals surface area contributed by atoms with Crippen LogP contribution in [0.15, 0.2) is 18.2 Å². The van der Waals surface area contributed by atoms with E-state index in [0.717, 1.165) is 35.6 Å². The molecule has 0 saturated heterocycles. The summed E-state index contributed by atoms with van der Waals surface area (Å²) in [6.45, 7) is 1.95. The molecule has 2 atom stereocenters. The van der Waals surface area contributed by atoms with Gasteiger partial charge in [0.1, 0.15) is 11.9 Å². The van der Waals surface area contributed by atoms with Crippen molar-refractivity contribution < 1.29 is 4.74 Å². The van der Waals surface area contributed by atoms with Crippen molar-refractivity contribution in [3.05, 3.63) is 28.8 Å². The number of ether oxygens (including phenoxy) is 1. The van der Waals surface area contributed by atoms with Crippen molar-refractivity contribution in [1.29, 1.82) is 5.26 Å². The van der Waals surface area contributed by atoms with Crippen molar-refractivity contribution >= 4 is 11.6 Å². The van der Waals surface area contributed by atoms with E-state index in [9.17, 15) is 0 Å². The lowest BCUT2D eigenvalue weighted by atomic mass is 10.1. The molecule has 2 rings (SSSR count). The quantitative estimate of drug-likeness (QED) is 0.783. The minimum Gasteiger partial charge on any atom is -0.489 e. The van der Waals surface area contributed by atoms with Crippen LogP contribution in [0.25, 0.3) is 0 Å². The van der Waals surface area contributed by atoms with Crippen LogP contribution in [0.5, 0.6) is 5.75 Å². The van der Waals surface area contributed by atoms with E-state index >= 15 is 0 Å². The summed E-state index contributed by atoms with van der Waals surface area (Å²) in [6, 6.07) is 7.93. The van der Waals surface area contributed by atoms with Gasteiger partial charge in [0.15, 0.2) is 0 Å². The van der Waals surface area contributed by atoms with Crippen LogP contribution in [-0.2, 0) is 0 Å². The fraction of sp³-hybridized carbons (Fsp3) is 0.462. The molecule has 0 aliphatic heterocycles. The van der Waals surface area contributed by atoms with Crippen LogP contribution < -0.4 is 4.74 Å². The van der Waals surface area contributed by atoms with Gasteiger partial charge in [0, 0.05) is 5.02 Å². The third-order valence-electron chi connectivity index (χ3n) is 3.04. The smallest absolute Gasteiger partial charge is 0.120 e. The maximum Gasteiger partial charge on any atom is 0.120 e. The molecule has 0 aromatic heterocycles. The summed E-state index contributed by atoms with van der Waals surface area (Å²) in [5.74, 6) is 0.852. The molecule has 1 aromatic rings. The Morgan fingerprint density at radius 2 is 2.25 bits per heavy atom. The SMILES string of the molecule is Cc1cc(OC2CCCC2C#N)ccc1Cl. The highest BCUT2D eigenvalue weighted by Crippen LogP contribution is 2.30. The molecule has 84 valence electrons. The number of hydrogen-bond acceptors (Lipinski definition) is 2. The van der Waals surface area contributed by atoms with Gasteiger partial charge in [0.25, 0.3) is 0 Å². The lowest BCUT2D eigenvalue weighted by Crippen LogP contribution is -2.20. The molecule has 16 heavy (non-hydrogen) atoms. The molecule has 0 heterocycles. The van der Waals surface area contributed by atoms with Gasteiger partial charge >= 0.3 is 0 Å². The second-order valence-electron chi connectivity index (χ2n) is 4.23. The van der Waals surface area contributed by atoms with Crippen LogP contribution in [0.2, 0.25) is 5.02 Å². The first-order chi connectivity index (χ1) is 7.70. The predicted molar refractivity (Wildman–Crippen MR) is 63.6 cm³/mol. The maximum atomic E-state index is 8.96. The van der Waals surface area contributed by atoms with E-state index in [2.05, 4.69) is 6.07 Å². The van der Waals surface area contributed by atoms with Crippen molar-refractivity contribution in [2.24, 2.45) is 5.92 Å². The third kappa shape index (κ3) is 2.31. The number of halogens is 1. The molecule has 1 aromatic carbocycles. The van der Waals surface area contributed by atoms with Gasteiger partial charge in [-0.1, -0.05) is 11.6 Å². The summed E-state index contributed by atoms with van der Waals surface area (Å²) in [4.78, 5) is 0. The molecule has 3 heteroatoms. The zero-order valence-electron chi connectivity index (χ0n) is 9.24. The minimum absolute atomic E-state index is 0.0379. The Morgan fingerprint density at radius 1 is 1.44 bits per heavy atom. The Kier molecular flexibility index (Phi) is 3.36. The van der Waals surface area contributed by atoms with Gasteiger partial charge in [-0.25, -0.2) is 0 Å². The first kappa shape index (κ1) is 11.3. The molecule has 0 spiro atoms. The number of hydrogen-bond donors (Lipinski definition) is 0. The Labute approximate surface area is 101 Å². The van der Waals surface area contributed by atoms with Crippen LogP contribution in [0.4, 0.5) is 0 Å². The molecule has 0 radical (unpaired) electrons. The zero-order valence-corrected chi connectivity index (χ0v) is 10.00. The normalized spacial score (nSPS) is 24.1. The van der Waals surface area contributed by atoms with E-state index in [0.29, 0.717) is 0 Å². The van der Waals surface area contributed by atoms with E-state index in [1.807, 2.05) is 25.1 Å². The molecular weight excluding hydrogens is 222 g/mol. The van der Waals surface area contributed by atoms with Gasteiger partial charge in [-0.2, -0.15) is 5.26 Å². The average molecular weight is 236 g/mol. The largest absolute Gasteiger partial charge is 0.489 e. The Morgan fingerprint density at radius 3 is 2.94 bits per heavy atom. The highest BCUT2D eigenvalue weighted by atomic mass is 35.5. The number of aryl methyl sites for hydroxylation is 1. The summed E-state index contributed by atoms with van der Waals surface area (Å²) in [6.07, 6.45) is 3.05. The molecule has 1 fully saturated rings. The maximum absolute atomic E-state index is 8.96. The fourth-order valence-electron chi connectivity index (χ4n) is 2.08. The molecular formula is C13H14ClNO. The molecule has 1 aliphatic rings. The lowest BCUT2D eigenvalue weighted by Gasteiger charge is -2.16. The van der Waals surface area contributed by atoms with Crippen LogP contribution in [0.1, 0.15) is 24.8 Å². The van der Waals surface area contributed by atoms with Gasteiger partial charge in [-0.05, 0) is 49.9 Å². The molecule has 0 amide bonds. The number of nitriles is 1. The van der Waals surface area contributed by atoms with Crippen molar-refractivity contribution in [2.45, 2.75) is 32.3 Å². The van der Waals surface area contributed by atoms with Crippen LogP contribution >= 0.6 is 11.6 Å². The Bertz CT molecular complexity index is 424. The van der Waals surface area contributed by atoms with Crippen molar-refractivity contribution in [3.8, 4) is 11.8 Å². The van der Waals surface area contributed by atoms with Crippen LogP contribution in [0.3, 0.4) is 0 Å². The standard InChI is InChI=1S/C13H14ClNO/c1-9-7-11(5-6-12(9)14)16-13-4-2-3-10(13)8-15/h5-7,10,13H,2-4H2,1H3. The minimum atomic E-state index is 0.0379. The summed E-state index contributed by atoms with van der Waals surface area (Å²) in [5, 5.41) is 9.71. The van der Waals surface area contributed by atoms with Crippen LogP contribution in [-0.4, -0.2) is 6.10 Å². The van der Waals surface area contributed by atoms with E-state index in [1.165, 1.54) is 0 Å². The van der Waals surface area contributed by atoms with E-state index in [1.54, 1.807) is 0 Å². The molecule has 1 saturated carbocycles.